The molecule has 26 heavy (non-hydrogen) atoms. The Hall–Kier alpha value is -1.17. The van der Waals surface area contributed by atoms with Crippen LogP contribution >= 0.6 is 0 Å². The van der Waals surface area contributed by atoms with E-state index in [1.54, 1.807) is 20.8 Å². The number of nitrogens with zero attached hydrogens (tertiary/aromatic N) is 4. The predicted octanol–water partition coefficient (Wildman–Crippen LogP) is 2.02. The van der Waals surface area contributed by atoms with Crippen LogP contribution in [-0.2, 0) is 21.5 Å². The zero-order valence-corrected chi connectivity index (χ0v) is 16.4. The van der Waals surface area contributed by atoms with Gasteiger partial charge >= 0.3 is 6.18 Å². The molecule has 0 N–H and O–H groups in total. The smallest absolute Gasteiger partial charge is 0.378 e. The van der Waals surface area contributed by atoms with Gasteiger partial charge in [0, 0.05) is 30.9 Å². The third-order valence-electron chi connectivity index (χ3n) is 4.57. The number of hydrogen-bond acceptors (Lipinski definition) is 4. The van der Waals surface area contributed by atoms with Gasteiger partial charge in [-0.15, -0.1) is 0 Å². The molecular formula is C15H25F3N4O3S. The highest BCUT2D eigenvalue weighted by Gasteiger charge is 2.40. The minimum Gasteiger partial charge on any atom is -0.378 e. The molecule has 2 heterocycles. The molecule has 0 unspecified atom stereocenters. The normalized spacial score (nSPS) is 20.3. The van der Waals surface area contributed by atoms with Crippen molar-refractivity contribution in [3.05, 3.63) is 17.0 Å². The minimum atomic E-state index is -4.41. The number of aryl methyl sites for hydroxylation is 1. The first-order valence-electron chi connectivity index (χ1n) is 8.29. The standard InChI is InChI=1S/C15H25F3N4O3S/c1-10(2)20(5)26(23,24)22-6-7-25-8-13(22)14-11(3)19-21(12(14)4)9-15(16,17)18/h10,13H,6-9H2,1-5H3/t13-/m0/s1. The average Bonchev–Trinajstić information content (AvgIpc) is 2.78. The number of rotatable bonds is 5. The van der Waals surface area contributed by atoms with E-state index in [2.05, 4.69) is 5.10 Å². The van der Waals surface area contributed by atoms with E-state index in [1.165, 1.54) is 22.6 Å². The summed E-state index contributed by atoms with van der Waals surface area (Å²) in [4.78, 5) is 0. The van der Waals surface area contributed by atoms with Crippen LogP contribution in [0.4, 0.5) is 13.2 Å². The summed E-state index contributed by atoms with van der Waals surface area (Å²) >= 11 is 0. The Bertz CT molecular complexity index is 746. The first-order chi connectivity index (χ1) is 11.9. The number of aromatic nitrogens is 2. The highest BCUT2D eigenvalue weighted by atomic mass is 32.2. The monoisotopic (exact) mass is 398 g/mol. The first-order valence-corrected chi connectivity index (χ1v) is 9.69. The van der Waals surface area contributed by atoms with E-state index in [0.717, 1.165) is 4.68 Å². The highest BCUT2D eigenvalue weighted by Crippen LogP contribution is 2.33. The van der Waals surface area contributed by atoms with Gasteiger partial charge in [-0.1, -0.05) is 0 Å². The largest absolute Gasteiger partial charge is 0.408 e. The predicted molar refractivity (Wildman–Crippen MR) is 89.8 cm³/mol. The molecule has 0 amide bonds. The molecule has 1 aliphatic rings. The lowest BCUT2D eigenvalue weighted by atomic mass is 10.0. The van der Waals surface area contributed by atoms with Crippen LogP contribution in [0.5, 0.6) is 0 Å². The topological polar surface area (TPSA) is 67.7 Å². The Morgan fingerprint density at radius 1 is 1.35 bits per heavy atom. The van der Waals surface area contributed by atoms with Crippen LogP contribution in [0, 0.1) is 13.8 Å². The Morgan fingerprint density at radius 2 is 1.96 bits per heavy atom. The van der Waals surface area contributed by atoms with E-state index in [4.69, 9.17) is 4.74 Å². The van der Waals surface area contributed by atoms with E-state index in [0.29, 0.717) is 17.0 Å². The van der Waals surface area contributed by atoms with Gasteiger partial charge in [-0.3, -0.25) is 4.68 Å². The quantitative estimate of drug-likeness (QED) is 0.761. The van der Waals surface area contributed by atoms with Crippen molar-refractivity contribution < 1.29 is 26.3 Å². The first kappa shape index (κ1) is 21.1. The average molecular weight is 398 g/mol. The van der Waals surface area contributed by atoms with Gasteiger partial charge in [0.05, 0.1) is 24.9 Å². The lowest BCUT2D eigenvalue weighted by Gasteiger charge is -2.38. The molecule has 7 nitrogen and oxygen atoms in total. The maximum Gasteiger partial charge on any atom is 0.408 e. The van der Waals surface area contributed by atoms with Crippen LogP contribution in [0.15, 0.2) is 0 Å². The number of morpholine rings is 1. The summed E-state index contributed by atoms with van der Waals surface area (Å²) in [6, 6.07) is -0.962. The molecule has 0 spiro atoms. The molecule has 1 aliphatic heterocycles. The van der Waals surface area contributed by atoms with Gasteiger partial charge < -0.3 is 4.74 Å². The Labute approximate surface area is 151 Å². The van der Waals surface area contributed by atoms with E-state index < -0.39 is 29.0 Å². The lowest BCUT2D eigenvalue weighted by molar-refractivity contribution is -0.143. The van der Waals surface area contributed by atoms with Crippen LogP contribution in [0.3, 0.4) is 0 Å². The molecule has 0 aliphatic carbocycles. The molecule has 0 saturated carbocycles. The second kappa shape index (κ2) is 7.45. The summed E-state index contributed by atoms with van der Waals surface area (Å²) in [7, 11) is -2.31. The van der Waals surface area contributed by atoms with E-state index in [9.17, 15) is 21.6 Å². The number of halogens is 3. The number of alkyl halides is 3. The van der Waals surface area contributed by atoms with E-state index in [-0.39, 0.29) is 25.8 Å². The van der Waals surface area contributed by atoms with Crippen LogP contribution in [-0.4, -0.2) is 65.8 Å². The summed E-state index contributed by atoms with van der Waals surface area (Å²) < 4.78 is 73.1. The summed E-state index contributed by atoms with van der Waals surface area (Å²) in [5, 5.41) is 3.97. The number of hydrogen-bond donors (Lipinski definition) is 0. The second-order valence-corrected chi connectivity index (χ2v) is 8.62. The molecule has 0 aromatic carbocycles. The van der Waals surface area contributed by atoms with Gasteiger partial charge in [-0.2, -0.15) is 35.3 Å². The third kappa shape index (κ3) is 4.21. The van der Waals surface area contributed by atoms with Gasteiger partial charge in [0.1, 0.15) is 6.54 Å². The van der Waals surface area contributed by atoms with Crippen molar-refractivity contribution in [3.8, 4) is 0 Å². The molecule has 1 saturated heterocycles. The fourth-order valence-electron chi connectivity index (χ4n) is 3.04. The zero-order chi connectivity index (χ0) is 19.9. The second-order valence-electron chi connectivity index (χ2n) is 6.68. The molecule has 1 atom stereocenters. The maximum atomic E-state index is 13.0. The Kier molecular flexibility index (Phi) is 6.06. The van der Waals surface area contributed by atoms with Crippen molar-refractivity contribution in [2.24, 2.45) is 0 Å². The van der Waals surface area contributed by atoms with Crippen LogP contribution < -0.4 is 0 Å². The van der Waals surface area contributed by atoms with Crippen molar-refractivity contribution in [2.75, 3.05) is 26.8 Å². The number of ether oxygens (including phenoxy) is 1. The van der Waals surface area contributed by atoms with Crippen molar-refractivity contribution in [3.63, 3.8) is 0 Å². The fraction of sp³-hybridized carbons (Fsp3) is 0.800. The van der Waals surface area contributed by atoms with Crippen LogP contribution in [0.1, 0.15) is 36.8 Å². The zero-order valence-electron chi connectivity index (χ0n) is 15.5. The van der Waals surface area contributed by atoms with Crippen LogP contribution in [0.25, 0.3) is 0 Å². The molecule has 2 rings (SSSR count). The van der Waals surface area contributed by atoms with Gasteiger partial charge in [-0.25, -0.2) is 0 Å². The molecule has 0 radical (unpaired) electrons. The third-order valence-corrected chi connectivity index (χ3v) is 6.75. The van der Waals surface area contributed by atoms with Crippen molar-refractivity contribution in [2.45, 2.75) is 52.5 Å². The molecule has 150 valence electrons. The minimum absolute atomic E-state index is 0.0740. The fourth-order valence-corrected chi connectivity index (χ4v) is 4.70. The summed E-state index contributed by atoms with van der Waals surface area (Å²) in [6.07, 6.45) is -4.41. The highest BCUT2D eigenvalue weighted by molar-refractivity contribution is 7.86. The molecule has 1 aromatic heterocycles. The van der Waals surface area contributed by atoms with Crippen molar-refractivity contribution >= 4 is 10.2 Å². The molecular weight excluding hydrogens is 373 g/mol. The molecule has 1 aromatic rings. The van der Waals surface area contributed by atoms with Crippen LogP contribution in [0.2, 0.25) is 0 Å². The van der Waals surface area contributed by atoms with Gasteiger partial charge in [0.15, 0.2) is 0 Å². The van der Waals surface area contributed by atoms with Gasteiger partial charge in [-0.05, 0) is 27.7 Å². The van der Waals surface area contributed by atoms with Crippen molar-refractivity contribution in [1.29, 1.82) is 0 Å². The summed E-state index contributed by atoms with van der Waals surface area (Å²) in [5.74, 6) is 0. The molecule has 0 bridgehead atoms. The Morgan fingerprint density at radius 3 is 2.50 bits per heavy atom. The van der Waals surface area contributed by atoms with Crippen molar-refractivity contribution in [1.82, 2.24) is 18.4 Å². The summed E-state index contributed by atoms with van der Waals surface area (Å²) in [6.45, 7) is 5.84. The van der Waals surface area contributed by atoms with Gasteiger partial charge in [0.2, 0.25) is 0 Å². The molecule has 11 heteroatoms. The summed E-state index contributed by atoms with van der Waals surface area (Å²) in [5.41, 5.74) is 1.13. The molecule has 1 fully saturated rings. The lowest BCUT2D eigenvalue weighted by Crippen LogP contribution is -2.50. The Balaban J connectivity index is 2.45. The van der Waals surface area contributed by atoms with Gasteiger partial charge in [0.25, 0.3) is 10.2 Å². The maximum absolute atomic E-state index is 13.0. The van der Waals surface area contributed by atoms with E-state index >= 15 is 0 Å². The SMILES string of the molecule is Cc1nn(CC(F)(F)F)c(C)c1[C@@H]1COCCN1S(=O)(=O)N(C)C(C)C. The van der Waals surface area contributed by atoms with E-state index in [1.807, 2.05) is 0 Å².